The van der Waals surface area contributed by atoms with Crippen molar-refractivity contribution in [2.75, 3.05) is 0 Å². The van der Waals surface area contributed by atoms with Crippen molar-refractivity contribution in [2.45, 2.75) is 33.3 Å². The van der Waals surface area contributed by atoms with E-state index in [0.717, 1.165) is 10.7 Å². The van der Waals surface area contributed by atoms with Gasteiger partial charge in [0.05, 0.1) is 29.4 Å². The molecule has 0 unspecified atom stereocenters. The highest BCUT2D eigenvalue weighted by atomic mass is 32.1. The number of nitrogens with zero attached hydrogens (tertiary/aromatic N) is 2. The summed E-state index contributed by atoms with van der Waals surface area (Å²) in [6.07, 6.45) is 3.55. The molecule has 2 aromatic rings. The zero-order valence-corrected chi connectivity index (χ0v) is 12.0. The van der Waals surface area contributed by atoms with Crippen LogP contribution in [0.15, 0.2) is 23.8 Å². The molecule has 0 saturated heterocycles. The van der Waals surface area contributed by atoms with Gasteiger partial charge in [0, 0.05) is 17.1 Å². The molecule has 0 spiro atoms. The van der Waals surface area contributed by atoms with E-state index in [2.05, 4.69) is 9.97 Å². The molecule has 5 heteroatoms. The first-order valence-corrected chi connectivity index (χ1v) is 6.98. The number of rotatable bonds is 5. The monoisotopic (exact) mass is 276 g/mol. The molecule has 0 aliphatic heterocycles. The summed E-state index contributed by atoms with van der Waals surface area (Å²) in [6, 6.07) is 1.73. The van der Waals surface area contributed by atoms with Gasteiger partial charge in [-0.05, 0) is 26.8 Å². The van der Waals surface area contributed by atoms with E-state index in [1.807, 2.05) is 26.2 Å². The van der Waals surface area contributed by atoms with Gasteiger partial charge in [-0.3, -0.25) is 9.78 Å². The highest BCUT2D eigenvalue weighted by Gasteiger charge is 2.11. The van der Waals surface area contributed by atoms with E-state index in [1.54, 1.807) is 29.8 Å². The van der Waals surface area contributed by atoms with E-state index in [4.69, 9.17) is 4.74 Å². The number of hydrogen-bond donors (Lipinski definition) is 0. The Morgan fingerprint density at radius 2 is 2.21 bits per heavy atom. The van der Waals surface area contributed by atoms with E-state index in [0.29, 0.717) is 17.7 Å². The number of ketones is 1. The average Bonchev–Trinajstić information content (AvgIpc) is 2.74. The van der Waals surface area contributed by atoms with Gasteiger partial charge in [0.2, 0.25) is 0 Å². The third-order valence-electron chi connectivity index (χ3n) is 2.42. The molecule has 0 N–H and O–H groups in total. The van der Waals surface area contributed by atoms with E-state index in [9.17, 15) is 4.79 Å². The molecule has 0 aliphatic rings. The van der Waals surface area contributed by atoms with Gasteiger partial charge in [-0.1, -0.05) is 0 Å². The molecular weight excluding hydrogens is 260 g/mol. The van der Waals surface area contributed by atoms with E-state index in [1.165, 1.54) is 0 Å². The SMILES string of the molecule is Cc1nc(CC(=O)c2cncc(OC(C)C)c2)cs1. The second kappa shape index (κ2) is 5.93. The van der Waals surface area contributed by atoms with Crippen LogP contribution in [0.25, 0.3) is 0 Å². The number of thiazole rings is 1. The van der Waals surface area contributed by atoms with Crippen molar-refractivity contribution in [3.8, 4) is 5.75 Å². The fourth-order valence-corrected chi connectivity index (χ4v) is 2.28. The fourth-order valence-electron chi connectivity index (χ4n) is 1.66. The summed E-state index contributed by atoms with van der Waals surface area (Å²) >= 11 is 1.55. The maximum absolute atomic E-state index is 12.1. The Bertz CT molecular complexity index is 578. The molecule has 0 aliphatic carbocycles. The quantitative estimate of drug-likeness (QED) is 0.788. The third-order valence-corrected chi connectivity index (χ3v) is 3.24. The average molecular weight is 276 g/mol. The highest BCUT2D eigenvalue weighted by molar-refractivity contribution is 7.09. The summed E-state index contributed by atoms with van der Waals surface area (Å²) in [4.78, 5) is 20.5. The highest BCUT2D eigenvalue weighted by Crippen LogP contribution is 2.16. The second-order valence-corrected chi connectivity index (χ2v) is 5.60. The predicted molar refractivity (Wildman–Crippen MR) is 74.9 cm³/mol. The van der Waals surface area contributed by atoms with Gasteiger partial charge in [-0.15, -0.1) is 11.3 Å². The van der Waals surface area contributed by atoms with Crippen molar-refractivity contribution in [3.63, 3.8) is 0 Å². The molecule has 0 bridgehead atoms. The van der Waals surface area contributed by atoms with Crippen LogP contribution in [0.4, 0.5) is 0 Å². The molecule has 0 atom stereocenters. The number of carbonyl (C=O) groups excluding carboxylic acids is 1. The molecule has 2 rings (SSSR count). The minimum absolute atomic E-state index is 0.00649. The number of Topliss-reactive ketones (excluding diaryl/α,β-unsaturated/α-hetero) is 1. The Hall–Kier alpha value is -1.75. The normalized spacial score (nSPS) is 10.7. The van der Waals surface area contributed by atoms with Gasteiger partial charge < -0.3 is 4.74 Å². The van der Waals surface area contributed by atoms with Crippen molar-refractivity contribution < 1.29 is 9.53 Å². The third kappa shape index (κ3) is 3.86. The van der Waals surface area contributed by atoms with Crippen LogP contribution in [-0.2, 0) is 6.42 Å². The summed E-state index contributed by atoms with van der Waals surface area (Å²) in [5.74, 6) is 0.627. The van der Waals surface area contributed by atoms with Gasteiger partial charge in [0.25, 0.3) is 0 Å². The van der Waals surface area contributed by atoms with Crippen molar-refractivity contribution >= 4 is 17.1 Å². The zero-order valence-electron chi connectivity index (χ0n) is 11.2. The Morgan fingerprint density at radius 1 is 1.42 bits per heavy atom. The largest absolute Gasteiger partial charge is 0.489 e. The van der Waals surface area contributed by atoms with Crippen LogP contribution in [0.3, 0.4) is 0 Å². The number of pyridine rings is 1. The van der Waals surface area contributed by atoms with Crippen LogP contribution in [0.5, 0.6) is 5.75 Å². The zero-order chi connectivity index (χ0) is 13.8. The van der Waals surface area contributed by atoms with Crippen LogP contribution < -0.4 is 4.74 Å². The Balaban J connectivity index is 2.10. The molecule has 0 radical (unpaired) electrons. The van der Waals surface area contributed by atoms with E-state index < -0.39 is 0 Å². The van der Waals surface area contributed by atoms with Crippen molar-refractivity contribution in [1.29, 1.82) is 0 Å². The molecular formula is C14H16N2O2S. The van der Waals surface area contributed by atoms with Gasteiger partial charge in [-0.2, -0.15) is 0 Å². The summed E-state index contributed by atoms with van der Waals surface area (Å²) < 4.78 is 5.53. The first kappa shape index (κ1) is 13.7. The van der Waals surface area contributed by atoms with E-state index in [-0.39, 0.29) is 11.9 Å². The summed E-state index contributed by atoms with van der Waals surface area (Å²) in [5, 5.41) is 2.88. The fraction of sp³-hybridized carbons (Fsp3) is 0.357. The first-order valence-electron chi connectivity index (χ1n) is 6.10. The number of aryl methyl sites for hydroxylation is 1. The molecule has 19 heavy (non-hydrogen) atoms. The summed E-state index contributed by atoms with van der Waals surface area (Å²) in [7, 11) is 0. The van der Waals surface area contributed by atoms with Crippen LogP contribution in [0.2, 0.25) is 0 Å². The molecule has 0 saturated carbocycles. The molecule has 0 aromatic carbocycles. The Labute approximate surface area is 116 Å². The van der Waals surface area contributed by atoms with Crippen molar-refractivity contribution in [1.82, 2.24) is 9.97 Å². The topological polar surface area (TPSA) is 52.1 Å². The van der Waals surface area contributed by atoms with Crippen LogP contribution >= 0.6 is 11.3 Å². The summed E-state index contributed by atoms with van der Waals surface area (Å²) in [5.41, 5.74) is 1.37. The minimum atomic E-state index is 0.00649. The Morgan fingerprint density at radius 3 is 2.84 bits per heavy atom. The minimum Gasteiger partial charge on any atom is -0.489 e. The van der Waals surface area contributed by atoms with Gasteiger partial charge in [0.15, 0.2) is 5.78 Å². The lowest BCUT2D eigenvalue weighted by molar-refractivity contribution is 0.0991. The smallest absolute Gasteiger partial charge is 0.170 e. The van der Waals surface area contributed by atoms with Crippen molar-refractivity contribution in [3.05, 3.63) is 40.1 Å². The molecule has 0 fully saturated rings. The van der Waals surface area contributed by atoms with Crippen molar-refractivity contribution in [2.24, 2.45) is 0 Å². The molecule has 100 valence electrons. The first-order chi connectivity index (χ1) is 9.04. The molecule has 2 heterocycles. The van der Waals surface area contributed by atoms with Crippen LogP contribution in [-0.4, -0.2) is 21.9 Å². The number of ether oxygens (including phenoxy) is 1. The van der Waals surface area contributed by atoms with Gasteiger partial charge in [-0.25, -0.2) is 4.98 Å². The van der Waals surface area contributed by atoms with E-state index >= 15 is 0 Å². The molecule has 0 amide bonds. The second-order valence-electron chi connectivity index (χ2n) is 4.53. The standard InChI is InChI=1S/C14H16N2O2S/c1-9(2)18-13-4-11(6-15-7-13)14(17)5-12-8-19-10(3)16-12/h4,6-9H,5H2,1-3H3. The number of hydrogen-bond acceptors (Lipinski definition) is 5. The molecule has 2 aromatic heterocycles. The molecule has 4 nitrogen and oxygen atoms in total. The van der Waals surface area contributed by atoms with Gasteiger partial charge >= 0.3 is 0 Å². The number of carbonyl (C=O) groups is 1. The maximum Gasteiger partial charge on any atom is 0.170 e. The number of aromatic nitrogens is 2. The lowest BCUT2D eigenvalue weighted by atomic mass is 10.1. The maximum atomic E-state index is 12.1. The lowest BCUT2D eigenvalue weighted by Gasteiger charge is -2.09. The lowest BCUT2D eigenvalue weighted by Crippen LogP contribution is -2.08. The van der Waals surface area contributed by atoms with Crippen LogP contribution in [0, 0.1) is 6.92 Å². The Kier molecular flexibility index (Phi) is 4.27. The van der Waals surface area contributed by atoms with Crippen LogP contribution in [0.1, 0.15) is 34.9 Å². The predicted octanol–water partition coefficient (Wildman–Crippen LogP) is 3.06. The van der Waals surface area contributed by atoms with Gasteiger partial charge in [0.1, 0.15) is 5.75 Å². The summed E-state index contributed by atoms with van der Waals surface area (Å²) in [6.45, 7) is 5.80.